The molecule has 22 heavy (non-hydrogen) atoms. The lowest BCUT2D eigenvalue weighted by atomic mass is 9.97. The Morgan fingerprint density at radius 3 is 2.95 bits per heavy atom. The largest absolute Gasteiger partial charge is 0.405 e. The van der Waals surface area contributed by atoms with Crippen molar-refractivity contribution >= 4 is 23.5 Å². The predicted octanol–water partition coefficient (Wildman–Crippen LogP) is 2.09. The second-order valence-electron chi connectivity index (χ2n) is 5.04. The van der Waals surface area contributed by atoms with E-state index < -0.39 is 24.5 Å². The van der Waals surface area contributed by atoms with Crippen molar-refractivity contribution in [2.45, 2.75) is 24.0 Å². The second kappa shape index (κ2) is 7.17. The van der Waals surface area contributed by atoms with Crippen LogP contribution in [0, 0.1) is 5.92 Å². The summed E-state index contributed by atoms with van der Waals surface area (Å²) in [5.74, 6) is -0.369. The Labute approximate surface area is 130 Å². The smallest absolute Gasteiger partial charge is 0.355 e. The van der Waals surface area contributed by atoms with Gasteiger partial charge in [-0.25, -0.2) is 4.98 Å². The number of anilines is 1. The van der Waals surface area contributed by atoms with Crippen molar-refractivity contribution in [1.82, 2.24) is 15.3 Å². The molecule has 0 aliphatic carbocycles. The van der Waals surface area contributed by atoms with E-state index in [1.807, 2.05) is 16.5 Å². The molecule has 9 heteroatoms. The maximum Gasteiger partial charge on any atom is 0.405 e. The van der Waals surface area contributed by atoms with Crippen LogP contribution in [-0.2, 0) is 4.79 Å². The van der Waals surface area contributed by atoms with Crippen molar-refractivity contribution in [3.05, 3.63) is 12.4 Å². The number of carbonyl (C=O) groups excluding carboxylic acids is 1. The Kier molecular flexibility index (Phi) is 5.49. The number of hydrogen-bond acceptors (Lipinski definition) is 5. The molecule has 1 fully saturated rings. The number of nitrogens with zero attached hydrogens (tertiary/aromatic N) is 3. The van der Waals surface area contributed by atoms with Gasteiger partial charge in [0.2, 0.25) is 5.91 Å². The molecule has 2 rings (SSSR count). The maximum absolute atomic E-state index is 12.2. The standard InChI is InChI=1S/C13H17F3N4OS/c1-22-11-6-17-5-10(19-11)20-4-2-3-9(7-20)12(21)18-8-13(14,15)16/h5-6,9H,2-4,7-8H2,1H3,(H,18,21)/t9-/m1/s1. The monoisotopic (exact) mass is 334 g/mol. The molecule has 0 aromatic carbocycles. The van der Waals surface area contributed by atoms with Gasteiger partial charge in [-0.05, 0) is 19.1 Å². The van der Waals surface area contributed by atoms with E-state index in [1.54, 1.807) is 12.4 Å². The summed E-state index contributed by atoms with van der Waals surface area (Å²) in [7, 11) is 0. The lowest BCUT2D eigenvalue weighted by Crippen LogP contribution is -2.45. The highest BCUT2D eigenvalue weighted by Crippen LogP contribution is 2.23. The molecule has 5 nitrogen and oxygen atoms in total. The van der Waals surface area contributed by atoms with Gasteiger partial charge in [-0.15, -0.1) is 11.8 Å². The zero-order chi connectivity index (χ0) is 16.2. The summed E-state index contributed by atoms with van der Waals surface area (Å²) < 4.78 is 36.5. The SMILES string of the molecule is CSc1cncc(N2CCC[C@@H](C(=O)NCC(F)(F)F)C2)n1. The summed E-state index contributed by atoms with van der Waals surface area (Å²) in [4.78, 5) is 22.3. The van der Waals surface area contributed by atoms with Crippen LogP contribution in [0.25, 0.3) is 0 Å². The summed E-state index contributed by atoms with van der Waals surface area (Å²) in [5.41, 5.74) is 0. The van der Waals surface area contributed by atoms with E-state index in [9.17, 15) is 18.0 Å². The van der Waals surface area contributed by atoms with Crippen LogP contribution >= 0.6 is 11.8 Å². The highest BCUT2D eigenvalue weighted by atomic mass is 32.2. The van der Waals surface area contributed by atoms with Crippen LogP contribution in [0.4, 0.5) is 19.0 Å². The molecule has 1 N–H and O–H groups in total. The molecule has 1 aromatic heterocycles. The fourth-order valence-corrected chi connectivity index (χ4v) is 2.67. The van der Waals surface area contributed by atoms with Crippen LogP contribution < -0.4 is 10.2 Å². The van der Waals surface area contributed by atoms with Crippen LogP contribution in [0.2, 0.25) is 0 Å². The molecule has 1 amide bonds. The highest BCUT2D eigenvalue weighted by molar-refractivity contribution is 7.98. The molecule has 2 heterocycles. The van der Waals surface area contributed by atoms with Gasteiger partial charge in [0.1, 0.15) is 17.4 Å². The van der Waals surface area contributed by atoms with Gasteiger partial charge in [-0.1, -0.05) is 0 Å². The number of aromatic nitrogens is 2. The van der Waals surface area contributed by atoms with Crippen molar-refractivity contribution in [3.63, 3.8) is 0 Å². The summed E-state index contributed by atoms with van der Waals surface area (Å²) in [6.45, 7) is -0.212. The van der Waals surface area contributed by atoms with E-state index in [0.29, 0.717) is 18.8 Å². The minimum absolute atomic E-state index is 0.357. The molecule has 0 unspecified atom stereocenters. The Morgan fingerprint density at radius 2 is 2.27 bits per heavy atom. The Bertz CT molecular complexity index is 526. The lowest BCUT2D eigenvalue weighted by Gasteiger charge is -2.32. The van der Waals surface area contributed by atoms with Crippen molar-refractivity contribution < 1.29 is 18.0 Å². The van der Waals surface area contributed by atoms with Crippen LogP contribution in [0.3, 0.4) is 0 Å². The number of thioether (sulfide) groups is 1. The fourth-order valence-electron chi connectivity index (χ4n) is 2.32. The number of amides is 1. The van der Waals surface area contributed by atoms with Gasteiger partial charge in [0, 0.05) is 13.1 Å². The first kappa shape index (κ1) is 16.9. The quantitative estimate of drug-likeness (QED) is 0.855. The summed E-state index contributed by atoms with van der Waals surface area (Å²) >= 11 is 1.46. The molecule has 1 saturated heterocycles. The molecule has 1 aliphatic heterocycles. The predicted molar refractivity (Wildman–Crippen MR) is 77.8 cm³/mol. The van der Waals surface area contributed by atoms with Crippen LogP contribution in [0.15, 0.2) is 17.4 Å². The van der Waals surface area contributed by atoms with Gasteiger partial charge in [0.25, 0.3) is 0 Å². The summed E-state index contributed by atoms with van der Waals surface area (Å²) in [5, 5.41) is 2.72. The number of piperidine rings is 1. The molecule has 1 atom stereocenters. The van der Waals surface area contributed by atoms with Crippen LogP contribution in [-0.4, -0.2) is 47.9 Å². The zero-order valence-corrected chi connectivity index (χ0v) is 12.9. The van der Waals surface area contributed by atoms with Gasteiger partial charge in [-0.3, -0.25) is 9.78 Å². The fraction of sp³-hybridized carbons (Fsp3) is 0.615. The molecule has 0 spiro atoms. The first-order valence-electron chi connectivity index (χ1n) is 6.84. The van der Waals surface area contributed by atoms with E-state index in [1.165, 1.54) is 11.8 Å². The molecule has 0 radical (unpaired) electrons. The molecular formula is C13H17F3N4OS. The van der Waals surface area contributed by atoms with E-state index in [2.05, 4.69) is 9.97 Å². The Balaban J connectivity index is 1.97. The number of alkyl halides is 3. The van der Waals surface area contributed by atoms with E-state index in [-0.39, 0.29) is 0 Å². The molecule has 122 valence electrons. The number of hydrogen-bond donors (Lipinski definition) is 1. The average molecular weight is 334 g/mol. The van der Waals surface area contributed by atoms with Gasteiger partial charge < -0.3 is 10.2 Å². The molecule has 1 aliphatic rings. The van der Waals surface area contributed by atoms with Crippen LogP contribution in [0.1, 0.15) is 12.8 Å². The first-order valence-corrected chi connectivity index (χ1v) is 8.07. The van der Waals surface area contributed by atoms with Crippen molar-refractivity contribution in [2.75, 3.05) is 30.8 Å². The van der Waals surface area contributed by atoms with Gasteiger partial charge in [-0.2, -0.15) is 13.2 Å². The van der Waals surface area contributed by atoms with Crippen molar-refractivity contribution in [1.29, 1.82) is 0 Å². The molecule has 1 aromatic rings. The highest BCUT2D eigenvalue weighted by Gasteiger charge is 2.31. The first-order chi connectivity index (χ1) is 10.4. The topological polar surface area (TPSA) is 58.1 Å². The van der Waals surface area contributed by atoms with Gasteiger partial charge in [0.15, 0.2) is 0 Å². The molecule has 0 saturated carbocycles. The summed E-state index contributed by atoms with van der Waals surface area (Å²) in [6.07, 6.45) is 2.06. The van der Waals surface area contributed by atoms with E-state index >= 15 is 0 Å². The zero-order valence-electron chi connectivity index (χ0n) is 12.1. The average Bonchev–Trinajstić information content (AvgIpc) is 2.52. The summed E-state index contributed by atoms with van der Waals surface area (Å²) in [6, 6.07) is 0. The number of rotatable bonds is 4. The Hall–Kier alpha value is -1.51. The Morgan fingerprint density at radius 1 is 1.50 bits per heavy atom. The molecule has 0 bridgehead atoms. The van der Waals surface area contributed by atoms with E-state index in [0.717, 1.165) is 18.0 Å². The maximum atomic E-state index is 12.2. The number of nitrogens with one attached hydrogen (secondary N) is 1. The van der Waals surface area contributed by atoms with E-state index in [4.69, 9.17) is 0 Å². The van der Waals surface area contributed by atoms with Crippen molar-refractivity contribution in [3.8, 4) is 0 Å². The third kappa shape index (κ3) is 4.75. The number of halogens is 3. The normalized spacial score (nSPS) is 19.1. The van der Waals surface area contributed by atoms with Crippen molar-refractivity contribution in [2.24, 2.45) is 5.92 Å². The minimum atomic E-state index is -4.39. The third-order valence-corrected chi connectivity index (χ3v) is 4.00. The third-order valence-electron chi connectivity index (χ3n) is 3.39. The minimum Gasteiger partial charge on any atom is -0.355 e. The van der Waals surface area contributed by atoms with Gasteiger partial charge in [0.05, 0.1) is 18.3 Å². The van der Waals surface area contributed by atoms with Crippen LogP contribution in [0.5, 0.6) is 0 Å². The lowest BCUT2D eigenvalue weighted by molar-refractivity contribution is -0.140. The second-order valence-corrected chi connectivity index (χ2v) is 5.86. The number of carbonyl (C=O) groups is 1. The molecular weight excluding hydrogens is 317 g/mol. The van der Waals surface area contributed by atoms with Gasteiger partial charge >= 0.3 is 6.18 Å².